The van der Waals surface area contributed by atoms with E-state index in [-0.39, 0.29) is 0 Å². The number of fused-ring (bicyclic) bond motifs is 3. The fourth-order valence-electron chi connectivity index (χ4n) is 7.37. The molecule has 0 aromatic heterocycles. The van der Waals surface area contributed by atoms with Crippen LogP contribution in [0, 0.1) is 0 Å². The second-order valence-corrected chi connectivity index (χ2v) is 13.0. The Morgan fingerprint density at radius 3 is 1.65 bits per heavy atom. The number of benzene rings is 9. The summed E-state index contributed by atoms with van der Waals surface area (Å²) in [5.41, 5.74) is 7.79. The van der Waals surface area contributed by atoms with E-state index in [1.165, 1.54) is 43.8 Å². The first kappa shape index (κ1) is 29.1. The van der Waals surface area contributed by atoms with Crippen molar-refractivity contribution in [2.24, 2.45) is 0 Å². The first-order valence-corrected chi connectivity index (χ1v) is 17.2. The van der Waals surface area contributed by atoms with E-state index in [4.69, 9.17) is 9.47 Å². The summed E-state index contributed by atoms with van der Waals surface area (Å²) in [5, 5.41) is 7.01. The molecule has 51 heavy (non-hydrogen) atoms. The fraction of sp³-hybridized carbons (Fsp3) is 0. The van der Waals surface area contributed by atoms with Crippen molar-refractivity contribution in [3.8, 4) is 45.3 Å². The molecule has 9 aromatic rings. The van der Waals surface area contributed by atoms with Crippen LogP contribution < -0.4 is 14.4 Å². The molecule has 1 aliphatic heterocycles. The Labute approximate surface area is 296 Å². The monoisotopic (exact) mass is 653 g/mol. The van der Waals surface area contributed by atoms with Gasteiger partial charge in [0, 0.05) is 17.4 Å². The largest absolute Gasteiger partial charge is 0.453 e. The molecule has 0 unspecified atom stereocenters. The number of hydrogen-bond donors (Lipinski definition) is 0. The smallest absolute Gasteiger partial charge is 0.172 e. The molecule has 0 amide bonds. The Bertz CT molecular complexity index is 2740. The highest BCUT2D eigenvalue weighted by Gasteiger charge is 2.21. The van der Waals surface area contributed by atoms with Gasteiger partial charge in [0.05, 0.1) is 11.1 Å². The maximum Gasteiger partial charge on any atom is 0.172 e. The molecule has 0 bridgehead atoms. The minimum absolute atomic E-state index is 0.668. The highest BCUT2D eigenvalue weighted by Crippen LogP contribution is 2.48. The summed E-state index contributed by atoms with van der Waals surface area (Å²) in [4.78, 5) is 2.28. The van der Waals surface area contributed by atoms with E-state index in [0.717, 1.165) is 39.3 Å². The predicted octanol–water partition coefficient (Wildman–Crippen LogP) is 13.8. The second-order valence-electron chi connectivity index (χ2n) is 13.0. The molecule has 0 fully saturated rings. The molecule has 1 heterocycles. The molecule has 0 aliphatic carbocycles. The van der Waals surface area contributed by atoms with Crippen molar-refractivity contribution in [1.82, 2.24) is 0 Å². The van der Waals surface area contributed by atoms with Gasteiger partial charge in [0.1, 0.15) is 11.5 Å². The summed E-state index contributed by atoms with van der Waals surface area (Å²) in [6.07, 6.45) is 0. The lowest BCUT2D eigenvalue weighted by atomic mass is 9.98. The standard InChI is InChI=1S/C48H31NO2/c1-2-10-37-30-38(19-18-32(37)8-1)33-20-24-39(25-21-33)49(40-26-22-35(23-27-40)43-15-5-11-34-9-3-4-14-42(34)43)41-28-29-44-47(31-41)51-46-17-7-13-36-12-6-16-45(50-44)48(36)46/h1-31H. The molecule has 0 N–H and O–H groups in total. The summed E-state index contributed by atoms with van der Waals surface area (Å²) >= 11 is 0. The fourth-order valence-corrected chi connectivity index (χ4v) is 7.37. The second kappa shape index (κ2) is 11.9. The normalized spacial score (nSPS) is 11.8. The van der Waals surface area contributed by atoms with Crippen molar-refractivity contribution in [2.75, 3.05) is 4.90 Å². The molecule has 0 spiro atoms. The van der Waals surface area contributed by atoms with E-state index in [2.05, 4.69) is 163 Å². The van der Waals surface area contributed by atoms with Crippen LogP contribution in [-0.2, 0) is 0 Å². The minimum atomic E-state index is 0.668. The third kappa shape index (κ3) is 5.15. The quantitative estimate of drug-likeness (QED) is 0.184. The predicted molar refractivity (Wildman–Crippen MR) is 211 cm³/mol. The van der Waals surface area contributed by atoms with E-state index < -0.39 is 0 Å². The number of ether oxygens (including phenoxy) is 2. The summed E-state index contributed by atoms with van der Waals surface area (Å²) in [6, 6.07) is 66.2. The summed E-state index contributed by atoms with van der Waals surface area (Å²) in [5.74, 6) is 2.92. The van der Waals surface area contributed by atoms with Gasteiger partial charge in [-0.3, -0.25) is 0 Å². The van der Waals surface area contributed by atoms with Crippen molar-refractivity contribution in [1.29, 1.82) is 0 Å². The van der Waals surface area contributed by atoms with Gasteiger partial charge in [-0.15, -0.1) is 0 Å². The maximum atomic E-state index is 6.62. The van der Waals surface area contributed by atoms with Crippen LogP contribution >= 0.6 is 0 Å². The van der Waals surface area contributed by atoms with Gasteiger partial charge >= 0.3 is 0 Å². The van der Waals surface area contributed by atoms with Crippen molar-refractivity contribution < 1.29 is 9.47 Å². The Kier molecular flexibility index (Phi) is 6.81. The van der Waals surface area contributed by atoms with Gasteiger partial charge < -0.3 is 14.4 Å². The van der Waals surface area contributed by atoms with Crippen LogP contribution in [-0.4, -0.2) is 0 Å². The average Bonchev–Trinajstić information content (AvgIpc) is 3.35. The molecule has 240 valence electrons. The van der Waals surface area contributed by atoms with Gasteiger partial charge in [-0.2, -0.15) is 0 Å². The zero-order valence-corrected chi connectivity index (χ0v) is 27.7. The molecule has 0 atom stereocenters. The molecule has 0 saturated carbocycles. The third-order valence-corrected chi connectivity index (χ3v) is 9.89. The zero-order valence-electron chi connectivity index (χ0n) is 27.7. The molecule has 0 radical (unpaired) electrons. The Morgan fingerprint density at radius 1 is 0.314 bits per heavy atom. The number of anilines is 3. The van der Waals surface area contributed by atoms with Gasteiger partial charge in [-0.05, 0) is 104 Å². The topological polar surface area (TPSA) is 21.7 Å². The molecular formula is C48H31NO2. The Hall–Kier alpha value is -6.84. The SMILES string of the molecule is c1ccc2cc(-c3ccc(N(c4ccc(-c5cccc6ccccc56)cc4)c4ccc5c(c4)Oc4cccc6cccc(c46)O5)cc3)ccc2c1. The van der Waals surface area contributed by atoms with Crippen LogP contribution in [0.3, 0.4) is 0 Å². The van der Waals surface area contributed by atoms with Crippen molar-refractivity contribution in [2.45, 2.75) is 0 Å². The molecule has 3 heteroatoms. The molecule has 9 aromatic carbocycles. The molecule has 3 nitrogen and oxygen atoms in total. The van der Waals surface area contributed by atoms with Gasteiger partial charge in [-0.25, -0.2) is 0 Å². The van der Waals surface area contributed by atoms with Crippen LogP contribution in [0.5, 0.6) is 23.0 Å². The van der Waals surface area contributed by atoms with Crippen LogP contribution in [0.4, 0.5) is 17.1 Å². The van der Waals surface area contributed by atoms with Crippen LogP contribution in [0.25, 0.3) is 54.6 Å². The Balaban J connectivity index is 1.07. The highest BCUT2D eigenvalue weighted by atomic mass is 16.5. The molecular weight excluding hydrogens is 623 g/mol. The lowest BCUT2D eigenvalue weighted by molar-refractivity contribution is 0.439. The van der Waals surface area contributed by atoms with E-state index in [9.17, 15) is 0 Å². The number of nitrogens with zero attached hydrogens (tertiary/aromatic N) is 1. The van der Waals surface area contributed by atoms with Gasteiger partial charge in [0.2, 0.25) is 0 Å². The summed E-state index contributed by atoms with van der Waals surface area (Å²) in [6.45, 7) is 0. The third-order valence-electron chi connectivity index (χ3n) is 9.89. The lowest BCUT2D eigenvalue weighted by Gasteiger charge is -2.26. The molecule has 1 aliphatic rings. The highest BCUT2D eigenvalue weighted by molar-refractivity contribution is 5.97. The van der Waals surface area contributed by atoms with Crippen molar-refractivity contribution in [3.63, 3.8) is 0 Å². The zero-order chi connectivity index (χ0) is 33.7. The Morgan fingerprint density at radius 2 is 0.882 bits per heavy atom. The van der Waals surface area contributed by atoms with Crippen LogP contribution in [0.1, 0.15) is 0 Å². The van der Waals surface area contributed by atoms with Crippen LogP contribution in [0.15, 0.2) is 188 Å². The lowest BCUT2D eigenvalue weighted by Crippen LogP contribution is -2.10. The van der Waals surface area contributed by atoms with E-state index >= 15 is 0 Å². The molecule has 10 rings (SSSR count). The number of rotatable bonds is 5. The first-order chi connectivity index (χ1) is 25.2. The van der Waals surface area contributed by atoms with E-state index in [1.807, 2.05) is 30.3 Å². The minimum Gasteiger partial charge on any atom is -0.453 e. The maximum absolute atomic E-state index is 6.62. The van der Waals surface area contributed by atoms with Gasteiger partial charge in [0.25, 0.3) is 0 Å². The summed E-state index contributed by atoms with van der Waals surface area (Å²) < 4.78 is 13.1. The summed E-state index contributed by atoms with van der Waals surface area (Å²) in [7, 11) is 0. The van der Waals surface area contributed by atoms with Gasteiger partial charge in [-0.1, -0.05) is 127 Å². The van der Waals surface area contributed by atoms with E-state index in [0.29, 0.717) is 11.5 Å². The first-order valence-electron chi connectivity index (χ1n) is 17.2. The average molecular weight is 654 g/mol. The van der Waals surface area contributed by atoms with Crippen LogP contribution in [0.2, 0.25) is 0 Å². The molecule has 0 saturated heterocycles. The van der Waals surface area contributed by atoms with E-state index in [1.54, 1.807) is 0 Å². The number of hydrogen-bond acceptors (Lipinski definition) is 3. The van der Waals surface area contributed by atoms with Crippen molar-refractivity contribution >= 4 is 49.4 Å². The van der Waals surface area contributed by atoms with Crippen molar-refractivity contribution in [3.05, 3.63) is 188 Å². The van der Waals surface area contributed by atoms with Gasteiger partial charge in [0.15, 0.2) is 11.5 Å².